The van der Waals surface area contributed by atoms with Crippen molar-refractivity contribution in [1.82, 2.24) is 10.3 Å². The predicted octanol–water partition coefficient (Wildman–Crippen LogP) is 0.602. The van der Waals surface area contributed by atoms with Crippen LogP contribution in [0, 0.1) is 0 Å². The first-order valence-electron chi connectivity index (χ1n) is 4.52. The van der Waals surface area contributed by atoms with Crippen LogP contribution in [0.2, 0.25) is 0 Å². The smallest absolute Gasteiger partial charge is 0.235 e. The topological polar surface area (TPSA) is 59.1 Å². The molecule has 1 aromatic heterocycles. The molecule has 1 saturated heterocycles. The van der Waals surface area contributed by atoms with Crippen molar-refractivity contribution in [1.29, 1.82) is 0 Å². The Kier molecular flexibility index (Phi) is 2.26. The molecule has 0 aliphatic carbocycles. The second kappa shape index (κ2) is 3.57. The molecule has 1 aliphatic rings. The average molecular weight is 190 g/mol. The second-order valence-electron chi connectivity index (χ2n) is 3.26. The van der Waals surface area contributed by atoms with Gasteiger partial charge in [-0.15, -0.1) is 0 Å². The van der Waals surface area contributed by atoms with Gasteiger partial charge in [-0.25, -0.2) is 0 Å². The Morgan fingerprint density at radius 1 is 1.36 bits per heavy atom. The minimum atomic E-state index is -0.270. The Hall–Kier alpha value is -1.71. The van der Waals surface area contributed by atoms with Crippen molar-refractivity contribution in [2.24, 2.45) is 0 Å². The number of pyridine rings is 1. The number of rotatable bonds is 1. The molecule has 2 amide bonds. The maximum atomic E-state index is 11.4. The van der Waals surface area contributed by atoms with E-state index < -0.39 is 0 Å². The van der Waals surface area contributed by atoms with Crippen LogP contribution in [0.15, 0.2) is 24.4 Å². The standard InChI is InChI=1S/C10H10N2O2/c13-9-5-4-7(10(14)12-9)8-3-1-2-6-11-8/h1-3,6-7H,4-5H2,(H,12,13,14). The van der Waals surface area contributed by atoms with Gasteiger partial charge in [-0.3, -0.25) is 19.9 Å². The molecular formula is C10H10N2O2. The number of nitrogens with one attached hydrogen (secondary N) is 1. The van der Waals surface area contributed by atoms with E-state index in [9.17, 15) is 9.59 Å². The van der Waals surface area contributed by atoms with Crippen LogP contribution in [0.5, 0.6) is 0 Å². The van der Waals surface area contributed by atoms with Crippen molar-refractivity contribution in [3.63, 3.8) is 0 Å². The van der Waals surface area contributed by atoms with Gasteiger partial charge in [-0.05, 0) is 18.6 Å². The number of piperidine rings is 1. The van der Waals surface area contributed by atoms with Gasteiger partial charge in [0.25, 0.3) is 0 Å². The number of hydrogen-bond donors (Lipinski definition) is 1. The highest BCUT2D eigenvalue weighted by Gasteiger charge is 2.28. The maximum absolute atomic E-state index is 11.4. The van der Waals surface area contributed by atoms with E-state index in [1.807, 2.05) is 6.07 Å². The number of amides is 2. The van der Waals surface area contributed by atoms with E-state index in [0.717, 1.165) is 5.69 Å². The lowest BCUT2D eigenvalue weighted by Gasteiger charge is -2.19. The Bertz CT molecular complexity index is 362. The molecule has 1 fully saturated rings. The largest absolute Gasteiger partial charge is 0.296 e. The molecule has 72 valence electrons. The summed E-state index contributed by atoms with van der Waals surface area (Å²) >= 11 is 0. The van der Waals surface area contributed by atoms with E-state index in [0.29, 0.717) is 12.8 Å². The summed E-state index contributed by atoms with van der Waals surface area (Å²) in [7, 11) is 0. The monoisotopic (exact) mass is 190 g/mol. The van der Waals surface area contributed by atoms with Crippen molar-refractivity contribution in [3.05, 3.63) is 30.1 Å². The molecule has 0 aromatic carbocycles. The van der Waals surface area contributed by atoms with Crippen LogP contribution in [0.25, 0.3) is 0 Å². The van der Waals surface area contributed by atoms with Crippen molar-refractivity contribution >= 4 is 11.8 Å². The van der Waals surface area contributed by atoms with Gasteiger partial charge in [-0.2, -0.15) is 0 Å². The van der Waals surface area contributed by atoms with Crippen molar-refractivity contribution in [2.45, 2.75) is 18.8 Å². The highest BCUT2D eigenvalue weighted by molar-refractivity contribution is 6.00. The Balaban J connectivity index is 2.20. The highest BCUT2D eigenvalue weighted by Crippen LogP contribution is 2.22. The molecule has 0 bridgehead atoms. The van der Waals surface area contributed by atoms with Crippen LogP contribution in [0.3, 0.4) is 0 Å². The molecule has 4 nitrogen and oxygen atoms in total. The normalized spacial score (nSPS) is 21.9. The zero-order valence-corrected chi connectivity index (χ0v) is 7.56. The molecule has 1 aromatic rings. The zero-order valence-electron chi connectivity index (χ0n) is 7.56. The summed E-state index contributed by atoms with van der Waals surface area (Å²) in [5.74, 6) is -0.698. The van der Waals surface area contributed by atoms with Crippen molar-refractivity contribution < 1.29 is 9.59 Å². The molecule has 0 radical (unpaired) electrons. The SMILES string of the molecule is O=C1CCC(c2ccccn2)C(=O)N1. The van der Waals surface area contributed by atoms with Gasteiger partial charge in [0.2, 0.25) is 11.8 Å². The Morgan fingerprint density at radius 3 is 2.86 bits per heavy atom. The molecule has 2 rings (SSSR count). The summed E-state index contributed by atoms with van der Waals surface area (Å²) in [5.41, 5.74) is 0.734. The van der Waals surface area contributed by atoms with E-state index in [1.165, 1.54) is 0 Å². The lowest BCUT2D eigenvalue weighted by atomic mass is 9.94. The van der Waals surface area contributed by atoms with Gasteiger partial charge in [0.05, 0.1) is 11.6 Å². The number of hydrogen-bond acceptors (Lipinski definition) is 3. The molecule has 1 atom stereocenters. The molecule has 14 heavy (non-hydrogen) atoms. The lowest BCUT2D eigenvalue weighted by Crippen LogP contribution is -2.39. The van der Waals surface area contributed by atoms with Crippen molar-refractivity contribution in [3.8, 4) is 0 Å². The summed E-state index contributed by atoms with van der Waals surface area (Å²) in [6, 6.07) is 5.45. The third-order valence-corrected chi connectivity index (χ3v) is 2.28. The first kappa shape index (κ1) is 8.87. The third kappa shape index (κ3) is 1.64. The van der Waals surface area contributed by atoms with Gasteiger partial charge in [0, 0.05) is 12.6 Å². The van der Waals surface area contributed by atoms with Gasteiger partial charge in [0.1, 0.15) is 0 Å². The maximum Gasteiger partial charge on any atom is 0.235 e. The number of imide groups is 1. The van der Waals surface area contributed by atoms with Crippen LogP contribution in [0.1, 0.15) is 24.5 Å². The first-order chi connectivity index (χ1) is 6.77. The minimum absolute atomic E-state index is 0.192. The fraction of sp³-hybridized carbons (Fsp3) is 0.300. The molecule has 1 unspecified atom stereocenters. The molecule has 4 heteroatoms. The van der Waals surface area contributed by atoms with E-state index >= 15 is 0 Å². The minimum Gasteiger partial charge on any atom is -0.296 e. The van der Waals surface area contributed by atoms with Gasteiger partial charge < -0.3 is 0 Å². The molecule has 1 aliphatic heterocycles. The Labute approximate surface area is 81.3 Å². The summed E-state index contributed by atoms with van der Waals surface area (Å²) in [4.78, 5) is 26.4. The average Bonchev–Trinajstić information content (AvgIpc) is 2.19. The molecule has 0 spiro atoms. The molecule has 0 saturated carbocycles. The van der Waals surface area contributed by atoms with Gasteiger partial charge >= 0.3 is 0 Å². The number of nitrogens with zero attached hydrogens (tertiary/aromatic N) is 1. The Morgan fingerprint density at radius 2 is 2.21 bits per heavy atom. The fourth-order valence-corrected chi connectivity index (χ4v) is 1.56. The fourth-order valence-electron chi connectivity index (χ4n) is 1.56. The van der Waals surface area contributed by atoms with Crippen molar-refractivity contribution in [2.75, 3.05) is 0 Å². The van der Waals surface area contributed by atoms with E-state index in [1.54, 1.807) is 18.3 Å². The van der Waals surface area contributed by atoms with Gasteiger partial charge in [-0.1, -0.05) is 6.07 Å². The van der Waals surface area contributed by atoms with E-state index in [2.05, 4.69) is 10.3 Å². The lowest BCUT2D eigenvalue weighted by molar-refractivity contribution is -0.134. The number of carbonyl (C=O) groups is 2. The first-order valence-corrected chi connectivity index (χ1v) is 4.52. The van der Waals surface area contributed by atoms with E-state index in [4.69, 9.17) is 0 Å². The van der Waals surface area contributed by atoms with Crippen LogP contribution in [-0.2, 0) is 9.59 Å². The number of aromatic nitrogens is 1. The van der Waals surface area contributed by atoms with Crippen LogP contribution in [-0.4, -0.2) is 16.8 Å². The summed E-state index contributed by atoms with van der Waals surface area (Å²) in [6.07, 6.45) is 2.60. The van der Waals surface area contributed by atoms with Crippen LogP contribution < -0.4 is 5.32 Å². The van der Waals surface area contributed by atoms with E-state index in [-0.39, 0.29) is 17.7 Å². The highest BCUT2D eigenvalue weighted by atomic mass is 16.2. The van der Waals surface area contributed by atoms with Crippen LogP contribution in [0.4, 0.5) is 0 Å². The predicted molar refractivity (Wildman–Crippen MR) is 49.4 cm³/mol. The number of carbonyl (C=O) groups excluding carboxylic acids is 2. The third-order valence-electron chi connectivity index (χ3n) is 2.28. The summed E-state index contributed by atoms with van der Waals surface area (Å²) in [5, 5.41) is 2.31. The quantitative estimate of drug-likeness (QED) is 0.660. The summed E-state index contributed by atoms with van der Waals surface area (Å²) in [6.45, 7) is 0. The second-order valence-corrected chi connectivity index (χ2v) is 3.26. The summed E-state index contributed by atoms with van der Waals surface area (Å²) < 4.78 is 0. The molecule has 2 heterocycles. The molecule has 1 N–H and O–H groups in total. The van der Waals surface area contributed by atoms with Crippen LogP contribution >= 0.6 is 0 Å². The molecular weight excluding hydrogens is 180 g/mol. The zero-order chi connectivity index (χ0) is 9.97. The van der Waals surface area contributed by atoms with Gasteiger partial charge in [0.15, 0.2) is 0 Å².